The molecule has 2 aliphatic heterocycles. The highest BCUT2D eigenvalue weighted by molar-refractivity contribution is 8.02. The number of ether oxygens (including phenoxy) is 1. The number of carbonyl (C=O) groups excluding carboxylic acids is 1. The molecule has 5 heteroatoms. The van der Waals surface area contributed by atoms with E-state index in [2.05, 4.69) is 0 Å². The summed E-state index contributed by atoms with van der Waals surface area (Å²) < 4.78 is 5.33. The van der Waals surface area contributed by atoms with Gasteiger partial charge in [-0.2, -0.15) is 0 Å². The number of amides is 1. The molecule has 1 N–H and O–H groups in total. The lowest BCUT2D eigenvalue weighted by Crippen LogP contribution is -2.39. The monoisotopic (exact) mass is 271 g/mol. The molecule has 0 aromatic carbocycles. The predicted molar refractivity (Wildman–Crippen MR) is 72.5 cm³/mol. The quantitative estimate of drug-likeness (QED) is 0.795. The lowest BCUT2D eigenvalue weighted by atomic mass is 9.92. The van der Waals surface area contributed by atoms with Crippen molar-refractivity contribution in [2.75, 3.05) is 18.8 Å². The van der Waals surface area contributed by atoms with Gasteiger partial charge < -0.3 is 14.7 Å². The summed E-state index contributed by atoms with van der Waals surface area (Å²) in [5, 5.41) is 12.6. The number of likely N-dealkylation sites (tertiary alicyclic amines) is 1. The highest BCUT2D eigenvalue weighted by Gasteiger charge is 2.42. The molecule has 0 spiro atoms. The highest BCUT2D eigenvalue weighted by atomic mass is 32.2. The van der Waals surface area contributed by atoms with Crippen molar-refractivity contribution in [2.45, 2.75) is 44.8 Å². The predicted octanol–water partition coefficient (Wildman–Crippen LogP) is 2.38. The fourth-order valence-corrected chi connectivity index (χ4v) is 3.26. The van der Waals surface area contributed by atoms with Crippen LogP contribution in [0.2, 0.25) is 0 Å². The van der Waals surface area contributed by atoms with E-state index < -0.39 is 11.2 Å². The Morgan fingerprint density at radius 3 is 2.83 bits per heavy atom. The van der Waals surface area contributed by atoms with E-state index in [4.69, 9.17) is 4.74 Å². The van der Waals surface area contributed by atoms with E-state index in [0.29, 0.717) is 19.5 Å². The Kier molecular flexibility index (Phi) is 3.65. The van der Waals surface area contributed by atoms with E-state index in [9.17, 15) is 9.90 Å². The zero-order valence-corrected chi connectivity index (χ0v) is 12.0. The average molecular weight is 271 g/mol. The van der Waals surface area contributed by atoms with Crippen molar-refractivity contribution < 1.29 is 14.6 Å². The molecule has 0 saturated carbocycles. The minimum atomic E-state index is -0.833. The van der Waals surface area contributed by atoms with Crippen LogP contribution in [0.3, 0.4) is 0 Å². The van der Waals surface area contributed by atoms with E-state index in [0.717, 1.165) is 17.7 Å². The first kappa shape index (κ1) is 13.7. The van der Waals surface area contributed by atoms with E-state index >= 15 is 0 Å². The summed E-state index contributed by atoms with van der Waals surface area (Å²) in [4.78, 5) is 13.5. The van der Waals surface area contributed by atoms with Gasteiger partial charge in [-0.3, -0.25) is 0 Å². The summed E-state index contributed by atoms with van der Waals surface area (Å²) in [5.74, 6) is 1.03. The highest BCUT2D eigenvalue weighted by Crippen LogP contribution is 2.37. The summed E-state index contributed by atoms with van der Waals surface area (Å²) in [7, 11) is 0. The van der Waals surface area contributed by atoms with Crippen LogP contribution >= 0.6 is 11.8 Å². The zero-order valence-electron chi connectivity index (χ0n) is 11.2. The molecular formula is C13H21NO3S. The van der Waals surface area contributed by atoms with Gasteiger partial charge >= 0.3 is 6.09 Å². The van der Waals surface area contributed by atoms with E-state index in [-0.39, 0.29) is 6.09 Å². The van der Waals surface area contributed by atoms with Crippen molar-refractivity contribution >= 4 is 17.9 Å². The maximum atomic E-state index is 11.9. The van der Waals surface area contributed by atoms with Crippen LogP contribution in [0.4, 0.5) is 4.79 Å². The lowest BCUT2D eigenvalue weighted by Gasteiger charge is -2.27. The van der Waals surface area contributed by atoms with Crippen LogP contribution in [0.1, 0.15) is 33.6 Å². The Morgan fingerprint density at radius 1 is 1.56 bits per heavy atom. The molecule has 1 unspecified atom stereocenters. The Labute approximate surface area is 112 Å². The standard InChI is InChI=1S/C13H21NO3S/c1-12(2,3)17-11(15)14-6-5-13(16,9-14)10-4-7-18-8-10/h8,16H,4-7,9H2,1-3H3. The maximum Gasteiger partial charge on any atom is 0.410 e. The molecule has 2 heterocycles. The van der Waals surface area contributed by atoms with Crippen LogP contribution in [0.25, 0.3) is 0 Å². The first-order valence-electron chi connectivity index (χ1n) is 6.32. The third-order valence-electron chi connectivity index (χ3n) is 3.21. The second-order valence-corrected chi connectivity index (χ2v) is 6.92. The van der Waals surface area contributed by atoms with Gasteiger partial charge in [-0.25, -0.2) is 4.79 Å². The van der Waals surface area contributed by atoms with Crippen molar-refractivity contribution in [3.63, 3.8) is 0 Å². The molecule has 2 rings (SSSR count). The fourth-order valence-electron chi connectivity index (χ4n) is 2.27. The number of hydrogen-bond acceptors (Lipinski definition) is 4. The van der Waals surface area contributed by atoms with Crippen LogP contribution in [-0.2, 0) is 4.74 Å². The second-order valence-electron chi connectivity index (χ2n) is 5.95. The van der Waals surface area contributed by atoms with Crippen molar-refractivity contribution in [2.24, 2.45) is 0 Å². The molecular weight excluding hydrogens is 250 g/mol. The molecule has 1 fully saturated rings. The van der Waals surface area contributed by atoms with Gasteiger partial charge in [0.1, 0.15) is 11.2 Å². The lowest BCUT2D eigenvalue weighted by molar-refractivity contribution is 0.0217. The van der Waals surface area contributed by atoms with Crippen LogP contribution in [0.15, 0.2) is 11.0 Å². The zero-order chi connectivity index (χ0) is 13.4. The largest absolute Gasteiger partial charge is 0.444 e. The number of rotatable bonds is 1. The Hall–Kier alpha value is -0.680. The number of carbonyl (C=O) groups is 1. The normalized spacial score (nSPS) is 28.4. The van der Waals surface area contributed by atoms with Crippen molar-refractivity contribution in [1.82, 2.24) is 4.90 Å². The molecule has 0 aliphatic carbocycles. The van der Waals surface area contributed by atoms with Gasteiger partial charge in [-0.1, -0.05) is 0 Å². The van der Waals surface area contributed by atoms with Gasteiger partial charge in [0.25, 0.3) is 0 Å². The molecule has 4 nitrogen and oxygen atoms in total. The number of hydrogen-bond donors (Lipinski definition) is 1. The van der Waals surface area contributed by atoms with Crippen LogP contribution in [-0.4, -0.2) is 46.1 Å². The van der Waals surface area contributed by atoms with Gasteiger partial charge in [0.2, 0.25) is 0 Å². The molecule has 102 valence electrons. The minimum absolute atomic E-state index is 0.329. The molecule has 2 aliphatic rings. The van der Waals surface area contributed by atoms with E-state index in [1.165, 1.54) is 0 Å². The first-order valence-corrected chi connectivity index (χ1v) is 7.36. The number of β-amino-alcohol motifs (C(OH)–C–C–N with tert-alkyl or cyclic N) is 1. The van der Waals surface area contributed by atoms with Crippen LogP contribution in [0, 0.1) is 0 Å². The van der Waals surface area contributed by atoms with Crippen LogP contribution < -0.4 is 0 Å². The van der Waals surface area contributed by atoms with E-state index in [1.54, 1.807) is 16.7 Å². The third-order valence-corrected chi connectivity index (χ3v) is 4.10. The molecule has 0 aromatic rings. The van der Waals surface area contributed by atoms with E-state index in [1.807, 2.05) is 26.2 Å². The molecule has 1 atom stereocenters. The number of nitrogens with zero attached hydrogens (tertiary/aromatic N) is 1. The Morgan fingerprint density at radius 2 is 2.28 bits per heavy atom. The number of aliphatic hydroxyl groups is 1. The fraction of sp³-hybridized carbons (Fsp3) is 0.769. The molecule has 18 heavy (non-hydrogen) atoms. The Bertz CT molecular complexity index is 375. The molecule has 0 bridgehead atoms. The third kappa shape index (κ3) is 3.01. The summed E-state index contributed by atoms with van der Waals surface area (Å²) in [5.41, 5.74) is -0.251. The maximum absolute atomic E-state index is 11.9. The van der Waals surface area contributed by atoms with Crippen molar-refractivity contribution in [1.29, 1.82) is 0 Å². The van der Waals surface area contributed by atoms with Gasteiger partial charge in [0.05, 0.1) is 6.54 Å². The average Bonchev–Trinajstić information content (AvgIpc) is 2.83. The van der Waals surface area contributed by atoms with Gasteiger partial charge in [-0.15, -0.1) is 11.8 Å². The number of thioether (sulfide) groups is 1. The first-order chi connectivity index (χ1) is 8.30. The minimum Gasteiger partial charge on any atom is -0.444 e. The molecule has 1 amide bonds. The van der Waals surface area contributed by atoms with Crippen molar-refractivity contribution in [3.05, 3.63) is 11.0 Å². The summed E-state index contributed by atoms with van der Waals surface area (Å²) in [6, 6.07) is 0. The topological polar surface area (TPSA) is 49.8 Å². The molecule has 1 saturated heterocycles. The Balaban J connectivity index is 1.97. The van der Waals surface area contributed by atoms with Gasteiger partial charge in [-0.05, 0) is 44.6 Å². The SMILES string of the molecule is CC(C)(C)OC(=O)N1CCC(O)(C2=CSCC2)C1. The van der Waals surface area contributed by atoms with Gasteiger partial charge in [0, 0.05) is 12.3 Å². The van der Waals surface area contributed by atoms with Crippen molar-refractivity contribution in [3.8, 4) is 0 Å². The summed E-state index contributed by atoms with van der Waals surface area (Å²) in [6.07, 6.45) is 1.20. The summed E-state index contributed by atoms with van der Waals surface area (Å²) in [6.45, 7) is 6.47. The van der Waals surface area contributed by atoms with Crippen LogP contribution in [0.5, 0.6) is 0 Å². The second kappa shape index (κ2) is 4.78. The smallest absolute Gasteiger partial charge is 0.410 e. The summed E-state index contributed by atoms with van der Waals surface area (Å²) >= 11 is 1.73. The molecule has 0 radical (unpaired) electrons. The van der Waals surface area contributed by atoms with Gasteiger partial charge in [0.15, 0.2) is 0 Å². The molecule has 0 aromatic heterocycles.